The second kappa shape index (κ2) is 10.7. The number of hydrogen-bond acceptors (Lipinski definition) is 4. The van der Waals surface area contributed by atoms with E-state index in [-0.39, 0.29) is 35.6 Å². The maximum Gasteiger partial charge on any atom is 0.244 e. The lowest BCUT2D eigenvalue weighted by Gasteiger charge is -2.29. The average molecular weight is 426 g/mol. The zero-order chi connectivity index (χ0) is 22.2. The van der Waals surface area contributed by atoms with Crippen LogP contribution in [0.15, 0.2) is 48.8 Å². The van der Waals surface area contributed by atoms with Crippen LogP contribution in [0.2, 0.25) is 0 Å². The maximum absolute atomic E-state index is 14.3. The fourth-order valence-corrected chi connectivity index (χ4v) is 3.62. The van der Waals surface area contributed by atoms with Crippen molar-refractivity contribution >= 4 is 17.9 Å². The van der Waals surface area contributed by atoms with Crippen LogP contribution in [0.3, 0.4) is 0 Å². The van der Waals surface area contributed by atoms with Crippen LogP contribution in [0.4, 0.5) is 4.39 Å². The van der Waals surface area contributed by atoms with Gasteiger partial charge in [-0.05, 0) is 69.0 Å². The van der Waals surface area contributed by atoms with Crippen LogP contribution < -0.4 is 15.4 Å². The van der Waals surface area contributed by atoms with E-state index in [1.165, 1.54) is 24.4 Å². The quantitative estimate of drug-likeness (QED) is 0.651. The second-order valence-electron chi connectivity index (χ2n) is 8.05. The molecule has 0 spiro atoms. The molecule has 1 saturated carbocycles. The van der Waals surface area contributed by atoms with Crippen molar-refractivity contribution in [2.45, 2.75) is 51.6 Å². The standard InChI is InChI=1S/C24H28FN3O3/c1-16(2)27-24(30)18-5-3-6-19(14-18)28-23(29)11-9-17-8-10-22(21(25)13-17)31-20-7-4-12-26-15-20/h4,7-13,15-16,18-19H,3,5-6,14H2,1-2H3,(H,27,30)(H,28,29)/b11-9+. The normalized spacial score (nSPS) is 18.7. The van der Waals surface area contributed by atoms with Crippen LogP contribution in [0.5, 0.6) is 11.5 Å². The fourth-order valence-electron chi connectivity index (χ4n) is 3.62. The van der Waals surface area contributed by atoms with Crippen LogP contribution in [-0.4, -0.2) is 28.9 Å². The minimum absolute atomic E-state index is 0.0409. The Labute approximate surface area is 181 Å². The molecule has 2 N–H and O–H groups in total. The lowest BCUT2D eigenvalue weighted by atomic mass is 9.85. The lowest BCUT2D eigenvalue weighted by molar-refractivity contribution is -0.127. The van der Waals surface area contributed by atoms with Gasteiger partial charge in [-0.3, -0.25) is 14.6 Å². The number of carbonyl (C=O) groups excluding carboxylic acids is 2. The summed E-state index contributed by atoms with van der Waals surface area (Å²) in [5.74, 6) is -0.288. The molecular formula is C24H28FN3O3. The van der Waals surface area contributed by atoms with Gasteiger partial charge in [-0.25, -0.2) is 4.39 Å². The lowest BCUT2D eigenvalue weighted by Crippen LogP contribution is -2.43. The minimum atomic E-state index is -0.530. The summed E-state index contributed by atoms with van der Waals surface area (Å²) in [6.07, 6.45) is 9.26. The van der Waals surface area contributed by atoms with Gasteiger partial charge in [0.05, 0.1) is 6.20 Å². The van der Waals surface area contributed by atoms with Crippen molar-refractivity contribution in [1.29, 1.82) is 0 Å². The summed E-state index contributed by atoms with van der Waals surface area (Å²) in [6.45, 7) is 3.87. The Morgan fingerprint density at radius 1 is 1.26 bits per heavy atom. The Hall–Kier alpha value is -3.22. The Balaban J connectivity index is 1.53. The number of hydrogen-bond donors (Lipinski definition) is 2. The monoisotopic (exact) mass is 425 g/mol. The van der Waals surface area contributed by atoms with E-state index < -0.39 is 5.82 Å². The van der Waals surface area contributed by atoms with Crippen LogP contribution in [0.25, 0.3) is 6.08 Å². The molecule has 1 aliphatic carbocycles. The zero-order valence-corrected chi connectivity index (χ0v) is 17.8. The molecule has 0 saturated heterocycles. The van der Waals surface area contributed by atoms with E-state index in [1.54, 1.807) is 30.5 Å². The number of carbonyl (C=O) groups is 2. The van der Waals surface area contributed by atoms with Gasteiger partial charge < -0.3 is 15.4 Å². The summed E-state index contributed by atoms with van der Waals surface area (Å²) in [6, 6.07) is 7.95. The number of pyridine rings is 1. The Morgan fingerprint density at radius 3 is 2.81 bits per heavy atom. The third kappa shape index (κ3) is 6.91. The Morgan fingerprint density at radius 2 is 2.10 bits per heavy atom. The molecule has 1 aromatic heterocycles. The van der Waals surface area contributed by atoms with E-state index in [9.17, 15) is 14.0 Å². The van der Waals surface area contributed by atoms with E-state index in [2.05, 4.69) is 15.6 Å². The van der Waals surface area contributed by atoms with Crippen molar-refractivity contribution in [1.82, 2.24) is 15.6 Å². The topological polar surface area (TPSA) is 80.3 Å². The molecule has 1 heterocycles. The summed E-state index contributed by atoms with van der Waals surface area (Å²) in [5.41, 5.74) is 0.545. The van der Waals surface area contributed by atoms with Crippen LogP contribution in [0.1, 0.15) is 45.1 Å². The molecule has 3 rings (SSSR count). The molecule has 1 aromatic carbocycles. The summed E-state index contributed by atoms with van der Waals surface area (Å²) in [5, 5.41) is 5.90. The predicted molar refractivity (Wildman–Crippen MR) is 117 cm³/mol. The highest BCUT2D eigenvalue weighted by molar-refractivity contribution is 5.92. The SMILES string of the molecule is CC(C)NC(=O)C1CCCC(NC(=O)/C=C/c2ccc(Oc3cccnc3)c(F)c2)C1. The van der Waals surface area contributed by atoms with E-state index in [4.69, 9.17) is 4.74 Å². The maximum atomic E-state index is 14.3. The number of halogens is 1. The first kappa shape index (κ1) is 22.5. The van der Waals surface area contributed by atoms with Gasteiger partial charge in [-0.1, -0.05) is 12.5 Å². The molecule has 1 aliphatic rings. The number of ether oxygens (including phenoxy) is 1. The number of benzene rings is 1. The van der Waals surface area contributed by atoms with Crippen LogP contribution in [0, 0.1) is 11.7 Å². The van der Waals surface area contributed by atoms with Crippen molar-refractivity contribution in [2.24, 2.45) is 5.92 Å². The zero-order valence-electron chi connectivity index (χ0n) is 17.8. The first-order valence-corrected chi connectivity index (χ1v) is 10.6. The molecular weight excluding hydrogens is 397 g/mol. The van der Waals surface area contributed by atoms with Gasteiger partial charge >= 0.3 is 0 Å². The van der Waals surface area contributed by atoms with E-state index >= 15 is 0 Å². The third-order valence-corrected chi connectivity index (χ3v) is 5.07. The molecule has 6 nitrogen and oxygen atoms in total. The van der Waals surface area contributed by atoms with Gasteiger partial charge in [0.1, 0.15) is 5.75 Å². The largest absolute Gasteiger partial charge is 0.453 e. The van der Waals surface area contributed by atoms with Crippen molar-refractivity contribution in [2.75, 3.05) is 0 Å². The third-order valence-electron chi connectivity index (χ3n) is 5.07. The number of aromatic nitrogens is 1. The highest BCUT2D eigenvalue weighted by atomic mass is 19.1. The van der Waals surface area contributed by atoms with Crippen molar-refractivity contribution in [3.8, 4) is 11.5 Å². The fraction of sp³-hybridized carbons (Fsp3) is 0.375. The molecule has 0 aliphatic heterocycles. The van der Waals surface area contributed by atoms with E-state index in [1.807, 2.05) is 13.8 Å². The van der Waals surface area contributed by atoms with Crippen molar-refractivity contribution in [3.05, 3.63) is 60.2 Å². The number of nitrogens with one attached hydrogen (secondary N) is 2. The number of nitrogens with zero attached hydrogens (tertiary/aromatic N) is 1. The number of rotatable bonds is 7. The van der Waals surface area contributed by atoms with Gasteiger partial charge in [0, 0.05) is 30.3 Å². The first-order chi connectivity index (χ1) is 14.9. The molecule has 2 unspecified atom stereocenters. The predicted octanol–water partition coefficient (Wildman–Crippen LogP) is 4.23. The average Bonchev–Trinajstić information content (AvgIpc) is 2.74. The van der Waals surface area contributed by atoms with Gasteiger partial charge in [-0.15, -0.1) is 0 Å². The van der Waals surface area contributed by atoms with Crippen LogP contribution in [-0.2, 0) is 9.59 Å². The Bertz CT molecular complexity index is 931. The first-order valence-electron chi connectivity index (χ1n) is 10.6. The molecule has 0 bridgehead atoms. The minimum Gasteiger partial charge on any atom is -0.453 e. The summed E-state index contributed by atoms with van der Waals surface area (Å²) < 4.78 is 19.8. The summed E-state index contributed by atoms with van der Waals surface area (Å²) >= 11 is 0. The highest BCUT2D eigenvalue weighted by Crippen LogP contribution is 2.26. The second-order valence-corrected chi connectivity index (χ2v) is 8.05. The van der Waals surface area contributed by atoms with Gasteiger partial charge in [0.15, 0.2) is 11.6 Å². The Kier molecular flexibility index (Phi) is 7.76. The summed E-state index contributed by atoms with van der Waals surface area (Å²) in [7, 11) is 0. The number of amides is 2. The van der Waals surface area contributed by atoms with Gasteiger partial charge in [-0.2, -0.15) is 0 Å². The van der Waals surface area contributed by atoms with Crippen LogP contribution >= 0.6 is 0 Å². The van der Waals surface area contributed by atoms with Gasteiger partial charge in [0.2, 0.25) is 11.8 Å². The molecule has 2 atom stereocenters. The summed E-state index contributed by atoms with van der Waals surface area (Å²) in [4.78, 5) is 28.5. The molecule has 0 radical (unpaired) electrons. The smallest absolute Gasteiger partial charge is 0.244 e. The van der Waals surface area contributed by atoms with Crippen molar-refractivity contribution in [3.63, 3.8) is 0 Å². The molecule has 2 aromatic rings. The van der Waals surface area contributed by atoms with E-state index in [0.29, 0.717) is 17.7 Å². The van der Waals surface area contributed by atoms with E-state index in [0.717, 1.165) is 19.3 Å². The highest BCUT2D eigenvalue weighted by Gasteiger charge is 2.28. The molecule has 31 heavy (non-hydrogen) atoms. The van der Waals surface area contributed by atoms with Crippen molar-refractivity contribution < 1.29 is 18.7 Å². The van der Waals surface area contributed by atoms with Gasteiger partial charge in [0.25, 0.3) is 0 Å². The molecule has 1 fully saturated rings. The molecule has 7 heteroatoms. The molecule has 2 amide bonds. The molecule has 164 valence electrons.